The molecule has 7 heteroatoms. The molecule has 0 bridgehead atoms. The van der Waals surface area contributed by atoms with E-state index in [0.717, 1.165) is 11.5 Å². The van der Waals surface area contributed by atoms with Crippen molar-refractivity contribution in [3.8, 4) is 6.07 Å². The van der Waals surface area contributed by atoms with Crippen molar-refractivity contribution in [2.75, 3.05) is 11.9 Å². The minimum atomic E-state index is -0.504. The number of ether oxygens (including phenoxy) is 1. The molecule has 0 radical (unpaired) electrons. The van der Waals surface area contributed by atoms with Gasteiger partial charge in [-0.2, -0.15) is 9.64 Å². The van der Waals surface area contributed by atoms with Gasteiger partial charge in [0.05, 0.1) is 6.10 Å². The second kappa shape index (κ2) is 6.03. The van der Waals surface area contributed by atoms with Crippen LogP contribution in [0.25, 0.3) is 0 Å². The van der Waals surface area contributed by atoms with Crippen molar-refractivity contribution in [2.24, 2.45) is 0 Å². The number of hydrogen-bond acceptors (Lipinski definition) is 6. The number of nitrogens with zero attached hydrogens (tertiary/aromatic N) is 3. The summed E-state index contributed by atoms with van der Waals surface area (Å²) in [5, 5.41) is 9.72. The smallest absolute Gasteiger partial charge is 0.328 e. The van der Waals surface area contributed by atoms with Crippen molar-refractivity contribution in [3.05, 3.63) is 10.7 Å². The average Bonchev–Trinajstić information content (AvgIpc) is 2.67. The van der Waals surface area contributed by atoms with Gasteiger partial charge in [0.2, 0.25) is 0 Å². The minimum Gasteiger partial charge on any atom is -0.461 e. The molecule has 0 aliphatic rings. The van der Waals surface area contributed by atoms with Crippen molar-refractivity contribution >= 4 is 34.1 Å². The summed E-state index contributed by atoms with van der Waals surface area (Å²) in [6.07, 6.45) is -0.172. The van der Waals surface area contributed by atoms with Gasteiger partial charge in [-0.05, 0) is 32.3 Å². The van der Waals surface area contributed by atoms with E-state index in [2.05, 4.69) is 4.37 Å². The summed E-state index contributed by atoms with van der Waals surface area (Å²) < 4.78 is 9.02. The first-order chi connectivity index (χ1) is 8.38. The number of carbonyl (C=O) groups is 1. The molecule has 0 saturated carbocycles. The Hall–Kier alpha value is -1.32. The summed E-state index contributed by atoms with van der Waals surface area (Å²) in [6.45, 7) is 5.28. The molecule has 5 nitrogen and oxygen atoms in total. The zero-order valence-electron chi connectivity index (χ0n) is 10.6. The van der Waals surface area contributed by atoms with E-state index in [1.54, 1.807) is 32.7 Å². The Labute approximate surface area is 115 Å². The van der Waals surface area contributed by atoms with Crippen LogP contribution in [0.2, 0.25) is 5.15 Å². The molecule has 0 aliphatic carbocycles. The third-order valence-electron chi connectivity index (χ3n) is 2.34. The summed E-state index contributed by atoms with van der Waals surface area (Å²) in [7, 11) is 1.71. The lowest BCUT2D eigenvalue weighted by atomic mass is 10.2. The predicted octanol–water partition coefficient (Wildman–Crippen LogP) is 2.44. The Morgan fingerprint density at radius 2 is 2.17 bits per heavy atom. The maximum atomic E-state index is 11.8. The Balaban J connectivity index is 2.90. The third-order valence-corrected chi connectivity index (χ3v) is 3.65. The zero-order chi connectivity index (χ0) is 13.9. The van der Waals surface area contributed by atoms with Gasteiger partial charge in [-0.3, -0.25) is 0 Å². The summed E-state index contributed by atoms with van der Waals surface area (Å²) in [4.78, 5) is 13.4. The van der Waals surface area contributed by atoms with E-state index in [9.17, 15) is 4.79 Å². The van der Waals surface area contributed by atoms with Crippen molar-refractivity contribution in [3.63, 3.8) is 0 Å². The van der Waals surface area contributed by atoms with Crippen LogP contribution >= 0.6 is 23.1 Å². The van der Waals surface area contributed by atoms with Crippen LogP contribution in [-0.2, 0) is 9.53 Å². The highest BCUT2D eigenvalue weighted by Crippen LogP contribution is 2.31. The molecule has 0 amide bonds. The van der Waals surface area contributed by atoms with Gasteiger partial charge in [0.25, 0.3) is 0 Å². The van der Waals surface area contributed by atoms with Gasteiger partial charge in [0.15, 0.2) is 5.15 Å². The SMILES string of the molecule is CC(C)OC(=O)C(C)N(C)c1snc(Cl)c1C#N. The van der Waals surface area contributed by atoms with Crippen molar-refractivity contribution in [2.45, 2.75) is 32.9 Å². The lowest BCUT2D eigenvalue weighted by molar-refractivity contribution is -0.148. The zero-order valence-corrected chi connectivity index (χ0v) is 12.2. The van der Waals surface area contributed by atoms with Gasteiger partial charge in [-0.25, -0.2) is 4.79 Å². The maximum absolute atomic E-state index is 11.8. The topological polar surface area (TPSA) is 66.2 Å². The molecule has 1 unspecified atom stereocenters. The first-order valence-electron chi connectivity index (χ1n) is 5.37. The van der Waals surface area contributed by atoms with Gasteiger partial charge in [0, 0.05) is 7.05 Å². The molecule has 1 heterocycles. The van der Waals surface area contributed by atoms with E-state index in [0.29, 0.717) is 5.00 Å². The number of hydrogen-bond donors (Lipinski definition) is 0. The van der Waals surface area contributed by atoms with E-state index in [4.69, 9.17) is 21.6 Å². The Kier molecular flexibility index (Phi) is 4.93. The van der Waals surface area contributed by atoms with E-state index >= 15 is 0 Å². The molecular formula is C11H14ClN3O2S. The van der Waals surface area contributed by atoms with Gasteiger partial charge in [0.1, 0.15) is 22.7 Å². The molecule has 98 valence electrons. The Morgan fingerprint density at radius 3 is 2.67 bits per heavy atom. The Morgan fingerprint density at radius 1 is 1.56 bits per heavy atom. The lowest BCUT2D eigenvalue weighted by Crippen LogP contribution is -2.38. The van der Waals surface area contributed by atoms with Gasteiger partial charge < -0.3 is 9.64 Å². The molecular weight excluding hydrogens is 274 g/mol. The number of rotatable bonds is 4. The highest BCUT2D eigenvalue weighted by atomic mass is 35.5. The van der Waals surface area contributed by atoms with E-state index in [-0.39, 0.29) is 22.8 Å². The first-order valence-corrected chi connectivity index (χ1v) is 6.52. The minimum absolute atomic E-state index is 0.161. The monoisotopic (exact) mass is 287 g/mol. The van der Waals surface area contributed by atoms with Crippen LogP contribution in [0.15, 0.2) is 0 Å². The predicted molar refractivity (Wildman–Crippen MR) is 70.9 cm³/mol. The number of esters is 1. The van der Waals surface area contributed by atoms with E-state index in [1.807, 2.05) is 6.07 Å². The largest absolute Gasteiger partial charge is 0.461 e. The standard InChI is InChI=1S/C11H14ClN3O2S/c1-6(2)17-11(16)7(3)15(4)10-8(5-13)9(12)14-18-10/h6-7H,1-4H3. The molecule has 1 atom stereocenters. The molecule has 0 fully saturated rings. The normalized spacial score (nSPS) is 12.1. The highest BCUT2D eigenvalue weighted by molar-refractivity contribution is 7.10. The molecule has 0 spiro atoms. The summed E-state index contributed by atoms with van der Waals surface area (Å²) in [5.41, 5.74) is 0.286. The number of nitriles is 1. The molecule has 1 aromatic rings. The number of halogens is 1. The summed E-state index contributed by atoms with van der Waals surface area (Å²) >= 11 is 6.88. The molecule has 18 heavy (non-hydrogen) atoms. The maximum Gasteiger partial charge on any atom is 0.328 e. The van der Waals surface area contributed by atoms with E-state index < -0.39 is 6.04 Å². The summed E-state index contributed by atoms with van der Waals surface area (Å²) in [6, 6.07) is 1.48. The number of likely N-dealkylation sites (N-methyl/N-ethyl adjacent to an activating group) is 1. The van der Waals surface area contributed by atoms with Crippen LogP contribution in [0.4, 0.5) is 5.00 Å². The fraction of sp³-hybridized carbons (Fsp3) is 0.545. The average molecular weight is 288 g/mol. The fourth-order valence-electron chi connectivity index (χ4n) is 1.26. The quantitative estimate of drug-likeness (QED) is 0.796. The van der Waals surface area contributed by atoms with Crippen LogP contribution in [0.5, 0.6) is 0 Å². The van der Waals surface area contributed by atoms with Crippen LogP contribution < -0.4 is 4.90 Å². The fourth-order valence-corrected chi connectivity index (χ4v) is 2.33. The first kappa shape index (κ1) is 14.7. The van der Waals surface area contributed by atoms with E-state index in [1.165, 1.54) is 0 Å². The number of carbonyl (C=O) groups excluding carboxylic acids is 1. The van der Waals surface area contributed by atoms with Gasteiger partial charge >= 0.3 is 5.97 Å². The molecule has 0 aromatic carbocycles. The summed E-state index contributed by atoms with van der Waals surface area (Å²) in [5.74, 6) is -0.346. The molecule has 1 aromatic heterocycles. The Bertz CT molecular complexity index is 481. The van der Waals surface area contributed by atoms with Gasteiger partial charge in [-0.15, -0.1) is 0 Å². The van der Waals surface area contributed by atoms with Crippen LogP contribution in [0.3, 0.4) is 0 Å². The van der Waals surface area contributed by atoms with Crippen molar-refractivity contribution in [1.82, 2.24) is 4.37 Å². The van der Waals surface area contributed by atoms with Crippen molar-refractivity contribution in [1.29, 1.82) is 5.26 Å². The van der Waals surface area contributed by atoms with Crippen LogP contribution in [0, 0.1) is 11.3 Å². The molecule has 0 saturated heterocycles. The van der Waals surface area contributed by atoms with Crippen LogP contribution in [0.1, 0.15) is 26.3 Å². The second-order valence-electron chi connectivity index (χ2n) is 4.04. The number of anilines is 1. The number of aromatic nitrogens is 1. The van der Waals surface area contributed by atoms with Crippen molar-refractivity contribution < 1.29 is 9.53 Å². The third kappa shape index (κ3) is 3.12. The highest BCUT2D eigenvalue weighted by Gasteiger charge is 2.25. The molecule has 1 rings (SSSR count). The molecule has 0 N–H and O–H groups in total. The lowest BCUT2D eigenvalue weighted by Gasteiger charge is -2.24. The second-order valence-corrected chi connectivity index (χ2v) is 5.15. The van der Waals surface area contributed by atoms with Crippen LogP contribution in [-0.4, -0.2) is 29.5 Å². The van der Waals surface area contributed by atoms with Gasteiger partial charge in [-0.1, -0.05) is 11.6 Å². The molecule has 0 aliphatic heterocycles.